The van der Waals surface area contributed by atoms with Gasteiger partial charge in [0.1, 0.15) is 5.82 Å². The highest BCUT2D eigenvalue weighted by atomic mass is 35.5. The van der Waals surface area contributed by atoms with Crippen molar-refractivity contribution < 1.29 is 9.18 Å². The molecule has 0 unspecified atom stereocenters. The van der Waals surface area contributed by atoms with Crippen LogP contribution in [0.5, 0.6) is 0 Å². The van der Waals surface area contributed by atoms with Gasteiger partial charge in [0.25, 0.3) is 5.91 Å². The van der Waals surface area contributed by atoms with Crippen LogP contribution in [0.15, 0.2) is 18.2 Å². The Kier molecular flexibility index (Phi) is 2.88. The standard InChI is InChI=1S/C9H9ClFNO/c1-12(2)9(13)6-4-3-5-7(11)8(6)10/h3-5H,1-2H3. The minimum atomic E-state index is -0.575. The number of rotatable bonds is 1. The van der Waals surface area contributed by atoms with Crippen molar-refractivity contribution in [2.45, 2.75) is 0 Å². The molecule has 0 saturated carbocycles. The van der Waals surface area contributed by atoms with Gasteiger partial charge in [-0.1, -0.05) is 17.7 Å². The SMILES string of the molecule is CN(C)C(=O)c1cccc(F)c1Cl. The molecule has 0 fully saturated rings. The number of amides is 1. The zero-order chi connectivity index (χ0) is 10.0. The molecular formula is C9H9ClFNO. The summed E-state index contributed by atoms with van der Waals surface area (Å²) in [5.41, 5.74) is 0.187. The molecule has 13 heavy (non-hydrogen) atoms. The van der Waals surface area contributed by atoms with Crippen molar-refractivity contribution in [3.63, 3.8) is 0 Å². The molecule has 1 aromatic carbocycles. The van der Waals surface area contributed by atoms with Gasteiger partial charge in [0.2, 0.25) is 0 Å². The third-order valence-electron chi connectivity index (χ3n) is 1.59. The van der Waals surface area contributed by atoms with Gasteiger partial charge in [0, 0.05) is 14.1 Å². The van der Waals surface area contributed by atoms with Crippen LogP contribution in [0.4, 0.5) is 4.39 Å². The minimum absolute atomic E-state index is 0.124. The lowest BCUT2D eigenvalue weighted by Gasteiger charge is -2.11. The summed E-state index contributed by atoms with van der Waals surface area (Å²) in [4.78, 5) is 12.7. The van der Waals surface area contributed by atoms with Crippen LogP contribution in [0.3, 0.4) is 0 Å². The van der Waals surface area contributed by atoms with E-state index in [0.29, 0.717) is 0 Å². The summed E-state index contributed by atoms with van der Waals surface area (Å²) in [6.45, 7) is 0. The summed E-state index contributed by atoms with van der Waals surface area (Å²) in [5, 5.41) is -0.124. The molecule has 70 valence electrons. The molecule has 0 atom stereocenters. The average Bonchev–Trinajstić information content (AvgIpc) is 2.08. The lowest BCUT2D eigenvalue weighted by molar-refractivity contribution is 0.0827. The van der Waals surface area contributed by atoms with Crippen molar-refractivity contribution in [1.29, 1.82) is 0 Å². The number of carbonyl (C=O) groups is 1. The highest BCUT2D eigenvalue weighted by molar-refractivity contribution is 6.33. The molecule has 0 aliphatic heterocycles. The van der Waals surface area contributed by atoms with Crippen LogP contribution in [0.25, 0.3) is 0 Å². The molecule has 0 aromatic heterocycles. The molecule has 0 saturated heterocycles. The fraction of sp³-hybridized carbons (Fsp3) is 0.222. The molecule has 1 aromatic rings. The van der Waals surface area contributed by atoms with Crippen molar-refractivity contribution in [3.8, 4) is 0 Å². The highest BCUT2D eigenvalue weighted by Crippen LogP contribution is 2.20. The number of benzene rings is 1. The topological polar surface area (TPSA) is 20.3 Å². The van der Waals surface area contributed by atoms with Crippen LogP contribution >= 0.6 is 11.6 Å². The van der Waals surface area contributed by atoms with Gasteiger partial charge < -0.3 is 4.90 Å². The molecule has 0 bridgehead atoms. The van der Waals surface area contributed by atoms with Crippen molar-refractivity contribution >= 4 is 17.5 Å². The van der Waals surface area contributed by atoms with Crippen molar-refractivity contribution in [1.82, 2.24) is 4.90 Å². The molecular weight excluding hydrogens is 193 g/mol. The van der Waals surface area contributed by atoms with Crippen molar-refractivity contribution in [3.05, 3.63) is 34.6 Å². The minimum Gasteiger partial charge on any atom is -0.345 e. The smallest absolute Gasteiger partial charge is 0.254 e. The molecule has 4 heteroatoms. The fourth-order valence-electron chi connectivity index (χ4n) is 0.910. The van der Waals surface area contributed by atoms with Crippen molar-refractivity contribution in [2.24, 2.45) is 0 Å². The Morgan fingerprint density at radius 2 is 2.08 bits per heavy atom. The first-order valence-electron chi connectivity index (χ1n) is 3.69. The first-order valence-corrected chi connectivity index (χ1v) is 4.07. The van der Waals surface area contributed by atoms with E-state index in [4.69, 9.17) is 11.6 Å². The molecule has 0 aliphatic rings. The molecule has 0 aliphatic carbocycles. The molecule has 0 radical (unpaired) electrons. The summed E-state index contributed by atoms with van der Waals surface area (Å²) in [6, 6.07) is 4.17. The van der Waals surface area contributed by atoms with Crippen LogP contribution < -0.4 is 0 Å². The third kappa shape index (κ3) is 1.98. The summed E-state index contributed by atoms with van der Waals surface area (Å²) < 4.78 is 12.9. The van der Waals surface area contributed by atoms with E-state index in [2.05, 4.69) is 0 Å². The maximum atomic E-state index is 12.9. The molecule has 0 heterocycles. The Bertz CT molecular complexity index is 338. The lowest BCUT2D eigenvalue weighted by Crippen LogP contribution is -2.22. The molecule has 2 nitrogen and oxygen atoms in total. The Morgan fingerprint density at radius 3 is 2.62 bits per heavy atom. The van der Waals surface area contributed by atoms with Gasteiger partial charge in [0.05, 0.1) is 10.6 Å². The van der Waals surface area contributed by atoms with Gasteiger partial charge in [-0.05, 0) is 12.1 Å². The maximum absolute atomic E-state index is 12.9. The number of hydrogen-bond acceptors (Lipinski definition) is 1. The van der Waals surface area contributed by atoms with Gasteiger partial charge in [0.15, 0.2) is 0 Å². The van der Waals surface area contributed by atoms with E-state index >= 15 is 0 Å². The third-order valence-corrected chi connectivity index (χ3v) is 1.97. The summed E-state index contributed by atoms with van der Waals surface area (Å²) in [5.74, 6) is -0.876. The van der Waals surface area contributed by atoms with Gasteiger partial charge >= 0.3 is 0 Å². The second-order valence-electron chi connectivity index (χ2n) is 2.80. The Morgan fingerprint density at radius 1 is 1.46 bits per heavy atom. The van der Waals surface area contributed by atoms with Crippen LogP contribution in [-0.2, 0) is 0 Å². The van der Waals surface area contributed by atoms with Gasteiger partial charge in [-0.3, -0.25) is 4.79 Å². The second-order valence-corrected chi connectivity index (χ2v) is 3.18. The van der Waals surface area contributed by atoms with E-state index in [9.17, 15) is 9.18 Å². The normalized spacial score (nSPS) is 9.85. The zero-order valence-electron chi connectivity index (χ0n) is 7.34. The van der Waals surface area contributed by atoms with Gasteiger partial charge in [-0.25, -0.2) is 4.39 Å². The summed E-state index contributed by atoms with van der Waals surface area (Å²) in [7, 11) is 3.17. The first-order chi connectivity index (χ1) is 6.04. The highest BCUT2D eigenvalue weighted by Gasteiger charge is 2.14. The van der Waals surface area contributed by atoms with Crippen LogP contribution in [0.1, 0.15) is 10.4 Å². The number of nitrogens with zero attached hydrogens (tertiary/aromatic N) is 1. The van der Waals surface area contributed by atoms with Crippen LogP contribution in [0, 0.1) is 5.82 Å². The number of hydrogen-bond donors (Lipinski definition) is 0. The maximum Gasteiger partial charge on any atom is 0.254 e. The van der Waals surface area contributed by atoms with Gasteiger partial charge in [-0.15, -0.1) is 0 Å². The lowest BCUT2D eigenvalue weighted by atomic mass is 10.2. The quantitative estimate of drug-likeness (QED) is 0.682. The first kappa shape index (κ1) is 9.99. The van der Waals surface area contributed by atoms with E-state index in [-0.39, 0.29) is 16.5 Å². The van der Waals surface area contributed by atoms with E-state index in [1.54, 1.807) is 14.1 Å². The molecule has 0 N–H and O–H groups in total. The van der Waals surface area contributed by atoms with Crippen LogP contribution in [-0.4, -0.2) is 24.9 Å². The zero-order valence-corrected chi connectivity index (χ0v) is 8.10. The van der Waals surface area contributed by atoms with Crippen molar-refractivity contribution in [2.75, 3.05) is 14.1 Å². The Hall–Kier alpha value is -1.09. The average molecular weight is 202 g/mol. The molecule has 1 rings (SSSR count). The second kappa shape index (κ2) is 3.75. The van der Waals surface area contributed by atoms with E-state index in [1.165, 1.54) is 23.1 Å². The van der Waals surface area contributed by atoms with Gasteiger partial charge in [-0.2, -0.15) is 0 Å². The summed E-state index contributed by atoms with van der Waals surface area (Å²) >= 11 is 5.61. The Labute approximate surface area is 80.9 Å². The molecule has 1 amide bonds. The fourth-order valence-corrected chi connectivity index (χ4v) is 1.12. The molecule has 0 spiro atoms. The largest absolute Gasteiger partial charge is 0.345 e. The number of carbonyl (C=O) groups excluding carboxylic acids is 1. The van der Waals surface area contributed by atoms with E-state index in [1.807, 2.05) is 0 Å². The van der Waals surface area contributed by atoms with Crippen LogP contribution in [0.2, 0.25) is 5.02 Å². The monoisotopic (exact) mass is 201 g/mol. The van der Waals surface area contributed by atoms with E-state index < -0.39 is 5.82 Å². The Balaban J connectivity index is 3.15. The van der Waals surface area contributed by atoms with E-state index in [0.717, 1.165) is 0 Å². The predicted octanol–water partition coefficient (Wildman–Crippen LogP) is 2.18. The number of halogens is 2. The summed E-state index contributed by atoms with van der Waals surface area (Å²) in [6.07, 6.45) is 0. The predicted molar refractivity (Wildman–Crippen MR) is 49.4 cm³/mol.